The minimum absolute atomic E-state index is 0.158. The lowest BCUT2D eigenvalue weighted by molar-refractivity contribution is 0.0572. The Morgan fingerprint density at radius 1 is 1.32 bits per heavy atom. The molecule has 2 aromatic heterocycles. The van der Waals surface area contributed by atoms with Crippen LogP contribution in [-0.4, -0.2) is 51.3 Å². The molecule has 1 fully saturated rings. The first kappa shape index (κ1) is 12.7. The van der Waals surface area contributed by atoms with E-state index in [1.165, 1.54) is 16.2 Å². The summed E-state index contributed by atoms with van der Waals surface area (Å²) in [4.78, 5) is 17.9. The normalized spacial score (nSPS) is 22.9. The molecule has 100 valence electrons. The van der Waals surface area contributed by atoms with Crippen LogP contribution in [0, 0.1) is 0 Å². The summed E-state index contributed by atoms with van der Waals surface area (Å²) in [5.41, 5.74) is 1.38. The molecular weight excluding hydrogens is 284 g/mol. The van der Waals surface area contributed by atoms with Crippen molar-refractivity contribution in [2.75, 3.05) is 13.1 Å². The van der Waals surface area contributed by atoms with E-state index in [1.54, 1.807) is 16.7 Å². The highest BCUT2D eigenvalue weighted by Crippen LogP contribution is 2.26. The third kappa shape index (κ3) is 2.42. The molecule has 0 aliphatic carbocycles. The van der Waals surface area contributed by atoms with Gasteiger partial charge in [-0.1, -0.05) is 0 Å². The zero-order valence-electron chi connectivity index (χ0n) is 9.89. The molecule has 2 N–H and O–H groups in total. The summed E-state index contributed by atoms with van der Waals surface area (Å²) in [5, 5.41) is 25.4. The van der Waals surface area contributed by atoms with E-state index in [0.29, 0.717) is 5.69 Å². The fourth-order valence-electron chi connectivity index (χ4n) is 1.99. The van der Waals surface area contributed by atoms with E-state index < -0.39 is 12.2 Å². The summed E-state index contributed by atoms with van der Waals surface area (Å²) < 4.78 is 0. The van der Waals surface area contributed by atoms with Crippen LogP contribution >= 0.6 is 22.7 Å². The van der Waals surface area contributed by atoms with Crippen molar-refractivity contribution in [3.63, 3.8) is 0 Å². The molecule has 2 aromatic rings. The van der Waals surface area contributed by atoms with Gasteiger partial charge in [0.25, 0.3) is 5.91 Å². The third-order valence-corrected chi connectivity index (χ3v) is 4.61. The lowest BCUT2D eigenvalue weighted by Gasteiger charge is -2.13. The maximum Gasteiger partial charge on any atom is 0.273 e. The van der Waals surface area contributed by atoms with Gasteiger partial charge in [-0.25, -0.2) is 4.98 Å². The molecule has 0 radical (unpaired) electrons. The summed E-state index contributed by atoms with van der Waals surface area (Å²) >= 11 is 3.00. The van der Waals surface area contributed by atoms with Gasteiger partial charge in [0.1, 0.15) is 10.7 Å². The number of hydrogen-bond acceptors (Lipinski definition) is 6. The molecule has 19 heavy (non-hydrogen) atoms. The SMILES string of the molecule is O=C(c1csc(-c2ccsc2)n1)N1CC(O)C(O)C1. The number of thiazole rings is 1. The van der Waals surface area contributed by atoms with Crippen molar-refractivity contribution in [1.29, 1.82) is 0 Å². The Morgan fingerprint density at radius 2 is 2.05 bits per heavy atom. The second kappa shape index (κ2) is 5.01. The number of aromatic nitrogens is 1. The van der Waals surface area contributed by atoms with Crippen molar-refractivity contribution in [3.8, 4) is 10.6 Å². The standard InChI is InChI=1S/C12H12N2O3S2/c15-9-3-14(4-10(9)16)12(17)8-6-19-11(13-8)7-1-2-18-5-7/h1-2,5-6,9-10,15-16H,3-4H2. The van der Waals surface area contributed by atoms with E-state index in [-0.39, 0.29) is 19.0 Å². The van der Waals surface area contributed by atoms with E-state index >= 15 is 0 Å². The van der Waals surface area contributed by atoms with Crippen LogP contribution in [0.1, 0.15) is 10.5 Å². The lowest BCUT2D eigenvalue weighted by atomic mass is 10.3. The van der Waals surface area contributed by atoms with Gasteiger partial charge in [-0.05, 0) is 11.4 Å². The van der Waals surface area contributed by atoms with Crippen molar-refractivity contribution in [1.82, 2.24) is 9.88 Å². The number of nitrogens with zero attached hydrogens (tertiary/aromatic N) is 2. The molecule has 7 heteroatoms. The van der Waals surface area contributed by atoms with Crippen LogP contribution in [0.15, 0.2) is 22.2 Å². The number of amides is 1. The summed E-state index contributed by atoms with van der Waals surface area (Å²) in [6.07, 6.45) is -1.72. The van der Waals surface area contributed by atoms with Crippen LogP contribution in [0.2, 0.25) is 0 Å². The quantitative estimate of drug-likeness (QED) is 0.869. The first-order chi connectivity index (χ1) is 9.15. The first-order valence-electron chi connectivity index (χ1n) is 5.78. The highest BCUT2D eigenvalue weighted by Gasteiger charge is 2.33. The molecule has 0 aromatic carbocycles. The number of thiophene rings is 1. The maximum absolute atomic E-state index is 12.2. The number of carbonyl (C=O) groups is 1. The van der Waals surface area contributed by atoms with E-state index in [9.17, 15) is 15.0 Å². The summed E-state index contributed by atoms with van der Waals surface area (Å²) in [6.45, 7) is 0.316. The fourth-order valence-corrected chi connectivity index (χ4v) is 3.49. The number of aliphatic hydroxyl groups is 2. The van der Waals surface area contributed by atoms with Crippen molar-refractivity contribution < 1.29 is 15.0 Å². The highest BCUT2D eigenvalue weighted by atomic mass is 32.1. The van der Waals surface area contributed by atoms with Gasteiger partial charge in [0.05, 0.1) is 12.2 Å². The predicted molar refractivity (Wildman–Crippen MR) is 73.3 cm³/mol. The lowest BCUT2D eigenvalue weighted by Crippen LogP contribution is -2.30. The second-order valence-corrected chi connectivity index (χ2v) is 6.03. The highest BCUT2D eigenvalue weighted by molar-refractivity contribution is 7.14. The Hall–Kier alpha value is -1.28. The molecule has 1 amide bonds. The Morgan fingerprint density at radius 3 is 2.68 bits per heavy atom. The third-order valence-electron chi connectivity index (χ3n) is 3.04. The van der Waals surface area contributed by atoms with E-state index in [2.05, 4.69) is 4.98 Å². The Kier molecular flexibility index (Phi) is 3.36. The van der Waals surface area contributed by atoms with Crippen molar-refractivity contribution in [2.24, 2.45) is 0 Å². The molecule has 2 atom stereocenters. The molecule has 0 saturated carbocycles. The molecule has 3 rings (SSSR count). The molecule has 0 spiro atoms. The van der Waals surface area contributed by atoms with Gasteiger partial charge in [-0.2, -0.15) is 11.3 Å². The molecule has 0 bridgehead atoms. The van der Waals surface area contributed by atoms with Gasteiger partial charge in [0.2, 0.25) is 0 Å². The number of carbonyl (C=O) groups excluding carboxylic acids is 1. The number of hydrogen-bond donors (Lipinski definition) is 2. The van der Waals surface area contributed by atoms with Crippen molar-refractivity contribution >= 4 is 28.6 Å². The van der Waals surface area contributed by atoms with Crippen LogP contribution in [0.3, 0.4) is 0 Å². The van der Waals surface area contributed by atoms with Crippen molar-refractivity contribution in [2.45, 2.75) is 12.2 Å². The van der Waals surface area contributed by atoms with E-state index in [4.69, 9.17) is 0 Å². The summed E-state index contributed by atoms with van der Waals surface area (Å²) in [7, 11) is 0. The molecule has 5 nitrogen and oxygen atoms in total. The molecule has 1 aliphatic heterocycles. The van der Waals surface area contributed by atoms with Crippen LogP contribution in [-0.2, 0) is 0 Å². The van der Waals surface area contributed by atoms with E-state index in [1.807, 2.05) is 16.8 Å². The van der Waals surface area contributed by atoms with Gasteiger partial charge < -0.3 is 15.1 Å². The van der Waals surface area contributed by atoms with Crippen LogP contribution in [0.25, 0.3) is 10.6 Å². The molecule has 3 heterocycles. The molecule has 1 saturated heterocycles. The smallest absolute Gasteiger partial charge is 0.273 e. The predicted octanol–water partition coefficient (Wildman–Crippen LogP) is 1.05. The van der Waals surface area contributed by atoms with Crippen molar-refractivity contribution in [3.05, 3.63) is 27.9 Å². The minimum atomic E-state index is -0.862. The van der Waals surface area contributed by atoms with Gasteiger partial charge in [-0.15, -0.1) is 11.3 Å². The summed E-state index contributed by atoms with van der Waals surface area (Å²) in [5.74, 6) is -0.242. The number of β-amino-alcohol motifs (C(OH)–C–C–N with tert-alkyl or cyclic N) is 2. The van der Waals surface area contributed by atoms with E-state index in [0.717, 1.165) is 10.6 Å². The van der Waals surface area contributed by atoms with Gasteiger partial charge >= 0.3 is 0 Å². The second-order valence-electron chi connectivity index (χ2n) is 4.39. The zero-order chi connectivity index (χ0) is 13.4. The summed E-state index contributed by atoms with van der Waals surface area (Å²) in [6, 6.07) is 1.96. The number of rotatable bonds is 2. The van der Waals surface area contributed by atoms with Crippen LogP contribution in [0.5, 0.6) is 0 Å². The zero-order valence-corrected chi connectivity index (χ0v) is 11.5. The number of likely N-dealkylation sites (tertiary alicyclic amines) is 1. The average molecular weight is 296 g/mol. The minimum Gasteiger partial charge on any atom is -0.388 e. The Labute approximate surface area is 117 Å². The monoisotopic (exact) mass is 296 g/mol. The molecule has 1 aliphatic rings. The number of aliphatic hydroxyl groups excluding tert-OH is 2. The maximum atomic E-state index is 12.2. The van der Waals surface area contributed by atoms with Crippen LogP contribution < -0.4 is 0 Å². The molecule has 2 unspecified atom stereocenters. The van der Waals surface area contributed by atoms with Gasteiger partial charge in [-0.3, -0.25) is 4.79 Å². The largest absolute Gasteiger partial charge is 0.388 e. The van der Waals surface area contributed by atoms with Gasteiger partial charge in [0, 0.05) is 29.4 Å². The Balaban J connectivity index is 1.78. The average Bonchev–Trinajstić information content (AvgIpc) is 3.09. The Bertz CT molecular complexity index is 572. The topological polar surface area (TPSA) is 73.7 Å². The van der Waals surface area contributed by atoms with Gasteiger partial charge in [0.15, 0.2) is 0 Å². The van der Waals surface area contributed by atoms with Crippen LogP contribution in [0.4, 0.5) is 0 Å². The first-order valence-corrected chi connectivity index (χ1v) is 7.61. The fraction of sp³-hybridized carbons (Fsp3) is 0.333. The molecular formula is C12H12N2O3S2.